The molecular weight excluding hydrogens is 274 g/mol. The minimum absolute atomic E-state index is 0.0979. The first-order chi connectivity index (χ1) is 8.79. The number of carboxylic acids is 1. The summed E-state index contributed by atoms with van der Waals surface area (Å²) in [4.78, 5) is 33.4. The standard InChI is InChI=1S/C11H12ClN3O4/c12-6-1-5(2-7(13)3-6)10(17)15-8(11(18)19)4-9(14)16/h1-3,8H,4,13H2,(H2,14,16)(H,15,17)(H,18,19)/t8-/m0/s1. The number of hydrogen-bond acceptors (Lipinski definition) is 4. The van der Waals surface area contributed by atoms with Crippen LogP contribution in [0.1, 0.15) is 16.8 Å². The Kier molecular flexibility index (Phi) is 4.71. The van der Waals surface area contributed by atoms with E-state index >= 15 is 0 Å². The Morgan fingerprint density at radius 1 is 1.32 bits per heavy atom. The molecule has 8 heteroatoms. The summed E-state index contributed by atoms with van der Waals surface area (Å²) in [7, 11) is 0. The Morgan fingerprint density at radius 2 is 1.95 bits per heavy atom. The van der Waals surface area contributed by atoms with E-state index < -0.39 is 30.2 Å². The molecule has 1 atom stereocenters. The van der Waals surface area contributed by atoms with E-state index in [2.05, 4.69) is 5.32 Å². The highest BCUT2D eigenvalue weighted by Crippen LogP contribution is 2.16. The maximum absolute atomic E-state index is 11.8. The van der Waals surface area contributed by atoms with Gasteiger partial charge in [0.2, 0.25) is 5.91 Å². The number of hydrogen-bond donors (Lipinski definition) is 4. The Bertz CT molecular complexity index is 512. The van der Waals surface area contributed by atoms with Crippen LogP contribution in [-0.2, 0) is 9.59 Å². The Balaban J connectivity index is 2.87. The number of anilines is 1. The molecule has 0 aliphatic carbocycles. The predicted octanol–water partition coefficient (Wildman–Crippen LogP) is -0.0194. The SMILES string of the molecule is NC(=O)C[C@H](NC(=O)c1cc(N)cc(Cl)c1)C(=O)O. The molecule has 0 spiro atoms. The third-order valence-corrected chi connectivity index (χ3v) is 2.41. The van der Waals surface area contributed by atoms with Gasteiger partial charge in [-0.2, -0.15) is 0 Å². The van der Waals surface area contributed by atoms with E-state index in [0.29, 0.717) is 0 Å². The Hall–Kier alpha value is -2.28. The van der Waals surface area contributed by atoms with Crippen molar-refractivity contribution in [3.05, 3.63) is 28.8 Å². The van der Waals surface area contributed by atoms with Gasteiger partial charge in [-0.1, -0.05) is 11.6 Å². The van der Waals surface area contributed by atoms with Crippen molar-refractivity contribution in [2.45, 2.75) is 12.5 Å². The second-order valence-electron chi connectivity index (χ2n) is 3.81. The molecule has 0 unspecified atom stereocenters. The number of primary amides is 1. The van der Waals surface area contributed by atoms with Gasteiger partial charge in [-0.3, -0.25) is 9.59 Å². The molecule has 1 aromatic carbocycles. The van der Waals surface area contributed by atoms with E-state index in [1.54, 1.807) is 0 Å². The molecule has 102 valence electrons. The third kappa shape index (κ3) is 4.47. The highest BCUT2D eigenvalue weighted by atomic mass is 35.5. The third-order valence-electron chi connectivity index (χ3n) is 2.19. The van der Waals surface area contributed by atoms with Gasteiger partial charge in [0, 0.05) is 16.3 Å². The number of nitrogens with one attached hydrogen (secondary N) is 1. The average Bonchev–Trinajstić information content (AvgIpc) is 2.25. The molecule has 0 radical (unpaired) electrons. The van der Waals surface area contributed by atoms with E-state index in [9.17, 15) is 14.4 Å². The van der Waals surface area contributed by atoms with Crippen LogP contribution in [0.3, 0.4) is 0 Å². The first-order valence-corrected chi connectivity index (χ1v) is 5.55. The number of carbonyl (C=O) groups is 3. The van der Waals surface area contributed by atoms with Gasteiger partial charge in [0.1, 0.15) is 6.04 Å². The fourth-order valence-corrected chi connectivity index (χ4v) is 1.63. The lowest BCUT2D eigenvalue weighted by Gasteiger charge is -2.13. The quantitative estimate of drug-likeness (QED) is 0.564. The highest BCUT2D eigenvalue weighted by molar-refractivity contribution is 6.31. The molecule has 1 rings (SSSR count). The van der Waals surface area contributed by atoms with Crippen LogP contribution in [-0.4, -0.2) is 28.9 Å². The minimum atomic E-state index is -1.40. The zero-order valence-electron chi connectivity index (χ0n) is 9.72. The molecule has 0 bridgehead atoms. The second-order valence-corrected chi connectivity index (χ2v) is 4.24. The molecule has 2 amide bonds. The number of benzene rings is 1. The van der Waals surface area contributed by atoms with Crippen molar-refractivity contribution in [3.8, 4) is 0 Å². The van der Waals surface area contributed by atoms with Crippen molar-refractivity contribution in [1.29, 1.82) is 0 Å². The second kappa shape index (κ2) is 6.05. The zero-order valence-corrected chi connectivity index (χ0v) is 10.5. The van der Waals surface area contributed by atoms with Crippen molar-refractivity contribution >= 4 is 35.1 Å². The largest absolute Gasteiger partial charge is 0.480 e. The highest BCUT2D eigenvalue weighted by Gasteiger charge is 2.22. The number of nitrogen functional groups attached to an aromatic ring is 1. The number of carboxylic acid groups (broad SMARTS) is 1. The van der Waals surface area contributed by atoms with E-state index in [1.807, 2.05) is 0 Å². The molecule has 1 aromatic rings. The van der Waals surface area contributed by atoms with Crippen LogP contribution in [0.4, 0.5) is 5.69 Å². The normalized spacial score (nSPS) is 11.6. The van der Waals surface area contributed by atoms with Crippen LogP contribution in [0.5, 0.6) is 0 Å². The molecule has 0 aliphatic rings. The maximum atomic E-state index is 11.8. The Morgan fingerprint density at radius 3 is 2.42 bits per heavy atom. The number of nitrogens with two attached hydrogens (primary N) is 2. The molecule has 0 aliphatic heterocycles. The Labute approximate surface area is 113 Å². The summed E-state index contributed by atoms with van der Waals surface area (Å²) >= 11 is 5.73. The van der Waals surface area contributed by atoms with Crippen LogP contribution >= 0.6 is 11.6 Å². The number of carbonyl (C=O) groups excluding carboxylic acids is 2. The summed E-state index contributed by atoms with van der Waals surface area (Å²) in [6.07, 6.45) is -0.503. The van der Waals surface area contributed by atoms with Gasteiger partial charge < -0.3 is 21.9 Å². The zero-order chi connectivity index (χ0) is 14.6. The average molecular weight is 286 g/mol. The van der Waals surface area contributed by atoms with Gasteiger partial charge in [-0.25, -0.2) is 4.79 Å². The van der Waals surface area contributed by atoms with Crippen molar-refractivity contribution in [1.82, 2.24) is 5.32 Å². The van der Waals surface area contributed by atoms with Crippen molar-refractivity contribution in [2.75, 3.05) is 5.73 Å². The predicted molar refractivity (Wildman–Crippen MR) is 68.6 cm³/mol. The summed E-state index contributed by atoms with van der Waals surface area (Å²) in [6, 6.07) is 2.71. The van der Waals surface area contributed by atoms with Crippen LogP contribution in [0.25, 0.3) is 0 Å². The number of rotatable bonds is 5. The van der Waals surface area contributed by atoms with Gasteiger partial charge in [-0.05, 0) is 18.2 Å². The maximum Gasteiger partial charge on any atom is 0.326 e. The molecule has 0 heterocycles. The van der Waals surface area contributed by atoms with E-state index in [4.69, 9.17) is 28.2 Å². The minimum Gasteiger partial charge on any atom is -0.480 e. The number of aliphatic carboxylic acids is 1. The molecule has 0 fully saturated rings. The molecule has 7 nitrogen and oxygen atoms in total. The molecule has 0 saturated heterocycles. The number of amides is 2. The lowest BCUT2D eigenvalue weighted by atomic mass is 10.1. The van der Waals surface area contributed by atoms with E-state index in [1.165, 1.54) is 18.2 Å². The summed E-state index contributed by atoms with van der Waals surface area (Å²) in [6.45, 7) is 0. The van der Waals surface area contributed by atoms with Gasteiger partial charge in [-0.15, -0.1) is 0 Å². The molecule has 0 saturated carbocycles. The smallest absolute Gasteiger partial charge is 0.326 e. The monoisotopic (exact) mass is 285 g/mol. The van der Waals surface area contributed by atoms with E-state index in [-0.39, 0.29) is 16.3 Å². The fraction of sp³-hybridized carbons (Fsp3) is 0.182. The van der Waals surface area contributed by atoms with Crippen LogP contribution < -0.4 is 16.8 Å². The van der Waals surface area contributed by atoms with Crippen molar-refractivity contribution in [3.63, 3.8) is 0 Å². The van der Waals surface area contributed by atoms with Gasteiger partial charge >= 0.3 is 5.97 Å². The van der Waals surface area contributed by atoms with Crippen molar-refractivity contribution < 1.29 is 19.5 Å². The molecule has 19 heavy (non-hydrogen) atoms. The number of halogens is 1. The lowest BCUT2D eigenvalue weighted by molar-refractivity contribution is -0.140. The first kappa shape index (κ1) is 14.8. The summed E-state index contributed by atoms with van der Waals surface area (Å²) in [5.74, 6) is -2.90. The summed E-state index contributed by atoms with van der Waals surface area (Å²) in [5, 5.41) is 11.3. The van der Waals surface area contributed by atoms with E-state index in [0.717, 1.165) is 0 Å². The fourth-order valence-electron chi connectivity index (χ4n) is 1.39. The van der Waals surface area contributed by atoms with Gasteiger partial charge in [0.15, 0.2) is 0 Å². The molecule has 0 aromatic heterocycles. The van der Waals surface area contributed by atoms with Crippen LogP contribution in [0, 0.1) is 0 Å². The summed E-state index contributed by atoms with van der Waals surface area (Å²) in [5.41, 5.74) is 10.8. The van der Waals surface area contributed by atoms with Crippen LogP contribution in [0.15, 0.2) is 18.2 Å². The first-order valence-electron chi connectivity index (χ1n) is 5.17. The van der Waals surface area contributed by atoms with Gasteiger partial charge in [0.25, 0.3) is 5.91 Å². The van der Waals surface area contributed by atoms with Crippen LogP contribution in [0.2, 0.25) is 5.02 Å². The topological polar surface area (TPSA) is 136 Å². The lowest BCUT2D eigenvalue weighted by Crippen LogP contribution is -2.43. The molecular formula is C11H12ClN3O4. The summed E-state index contributed by atoms with van der Waals surface area (Å²) < 4.78 is 0. The molecule has 6 N–H and O–H groups in total. The van der Waals surface area contributed by atoms with Crippen molar-refractivity contribution in [2.24, 2.45) is 5.73 Å². The van der Waals surface area contributed by atoms with Gasteiger partial charge in [0.05, 0.1) is 6.42 Å².